The van der Waals surface area contributed by atoms with Gasteiger partial charge < -0.3 is 5.32 Å². The molecule has 0 spiro atoms. The molecule has 0 aliphatic carbocycles. The van der Waals surface area contributed by atoms with Gasteiger partial charge in [-0.15, -0.1) is 11.8 Å². The van der Waals surface area contributed by atoms with Crippen LogP contribution in [-0.4, -0.2) is 17.1 Å². The number of hydrogen-bond acceptors (Lipinski definition) is 2. The Morgan fingerprint density at radius 3 is 2.60 bits per heavy atom. The van der Waals surface area contributed by atoms with Crippen LogP contribution in [0.1, 0.15) is 12.5 Å². The van der Waals surface area contributed by atoms with Crippen LogP contribution in [0.2, 0.25) is 0 Å². The molecule has 1 N–H and O–H groups in total. The molecular formula is C11H14BrNOS. The second kappa shape index (κ2) is 6.90. The van der Waals surface area contributed by atoms with Crippen LogP contribution in [0.15, 0.2) is 29.2 Å². The van der Waals surface area contributed by atoms with Gasteiger partial charge in [0, 0.05) is 27.4 Å². The van der Waals surface area contributed by atoms with Crippen molar-refractivity contribution in [3.63, 3.8) is 0 Å². The van der Waals surface area contributed by atoms with Crippen molar-refractivity contribution in [3.8, 4) is 0 Å². The smallest absolute Gasteiger partial charge is 0.287 e. The number of rotatable bonds is 5. The highest BCUT2D eigenvalue weighted by atomic mass is 79.9. The molecule has 0 heterocycles. The van der Waals surface area contributed by atoms with E-state index in [1.165, 1.54) is 10.5 Å². The van der Waals surface area contributed by atoms with Crippen LogP contribution >= 0.6 is 27.7 Å². The van der Waals surface area contributed by atoms with E-state index >= 15 is 0 Å². The van der Waals surface area contributed by atoms with Crippen molar-refractivity contribution in [2.45, 2.75) is 18.2 Å². The Kier molecular flexibility index (Phi) is 5.79. The van der Waals surface area contributed by atoms with E-state index in [0.29, 0.717) is 6.54 Å². The molecule has 0 radical (unpaired) electrons. The van der Waals surface area contributed by atoms with Crippen LogP contribution in [0.25, 0.3) is 0 Å². The Balaban J connectivity index is 2.39. The van der Waals surface area contributed by atoms with Gasteiger partial charge in [0.15, 0.2) is 0 Å². The van der Waals surface area contributed by atoms with E-state index in [0.717, 1.165) is 12.2 Å². The minimum absolute atomic E-state index is 0.152. The van der Waals surface area contributed by atoms with Crippen molar-refractivity contribution in [2.24, 2.45) is 0 Å². The fraction of sp³-hybridized carbons (Fsp3) is 0.364. The van der Waals surface area contributed by atoms with Crippen molar-refractivity contribution in [3.05, 3.63) is 29.8 Å². The lowest BCUT2D eigenvalue weighted by Crippen LogP contribution is -2.18. The average molecular weight is 288 g/mol. The maximum atomic E-state index is 10.6. The second-order valence-corrected chi connectivity index (χ2v) is 5.09. The molecule has 0 fully saturated rings. The standard InChI is InChI=1S/C11H14BrNOS/c1-2-15-10-5-3-9(4-6-10)7-8-13-11(12)14/h3-6H,2,7-8H2,1H3,(H,13,14). The summed E-state index contributed by atoms with van der Waals surface area (Å²) < 4.78 is 0. The molecule has 0 bridgehead atoms. The number of halogens is 1. The van der Waals surface area contributed by atoms with E-state index in [4.69, 9.17) is 0 Å². The Bertz CT molecular complexity index is 313. The Hall–Kier alpha value is -0.480. The van der Waals surface area contributed by atoms with E-state index in [1.54, 1.807) is 0 Å². The highest BCUT2D eigenvalue weighted by molar-refractivity contribution is 9.18. The topological polar surface area (TPSA) is 29.1 Å². The van der Waals surface area contributed by atoms with Crippen LogP contribution < -0.4 is 5.32 Å². The number of carbonyl (C=O) groups is 1. The van der Waals surface area contributed by atoms with Gasteiger partial charge in [0.1, 0.15) is 0 Å². The number of thioether (sulfide) groups is 1. The van der Waals surface area contributed by atoms with E-state index < -0.39 is 0 Å². The summed E-state index contributed by atoms with van der Waals surface area (Å²) in [6.45, 7) is 2.81. The second-order valence-electron chi connectivity index (χ2n) is 3.03. The minimum Gasteiger partial charge on any atom is -0.346 e. The number of carbonyl (C=O) groups excluding carboxylic acids is 1. The molecule has 82 valence electrons. The summed E-state index contributed by atoms with van der Waals surface area (Å²) in [7, 11) is 0. The molecule has 1 amide bonds. The summed E-state index contributed by atoms with van der Waals surface area (Å²) in [6.07, 6.45) is 0.869. The molecule has 2 nitrogen and oxygen atoms in total. The lowest BCUT2D eigenvalue weighted by Gasteiger charge is -2.03. The molecular weight excluding hydrogens is 274 g/mol. The van der Waals surface area contributed by atoms with Gasteiger partial charge in [0.05, 0.1) is 0 Å². The van der Waals surface area contributed by atoms with E-state index in [9.17, 15) is 4.79 Å². The fourth-order valence-electron chi connectivity index (χ4n) is 1.22. The van der Waals surface area contributed by atoms with E-state index in [-0.39, 0.29) is 4.82 Å². The van der Waals surface area contributed by atoms with E-state index in [2.05, 4.69) is 52.4 Å². The Morgan fingerprint density at radius 1 is 1.40 bits per heavy atom. The first-order chi connectivity index (χ1) is 7.22. The Morgan fingerprint density at radius 2 is 2.07 bits per heavy atom. The first-order valence-corrected chi connectivity index (χ1v) is 6.65. The summed E-state index contributed by atoms with van der Waals surface area (Å²) in [4.78, 5) is 11.7. The quantitative estimate of drug-likeness (QED) is 0.511. The van der Waals surface area contributed by atoms with Crippen LogP contribution in [0.3, 0.4) is 0 Å². The highest BCUT2D eigenvalue weighted by Crippen LogP contribution is 2.17. The van der Waals surface area contributed by atoms with Crippen LogP contribution in [0, 0.1) is 0 Å². The molecule has 0 saturated heterocycles. The van der Waals surface area contributed by atoms with Crippen molar-refractivity contribution in [2.75, 3.05) is 12.3 Å². The monoisotopic (exact) mass is 287 g/mol. The third-order valence-electron chi connectivity index (χ3n) is 1.91. The molecule has 0 aliphatic rings. The number of benzene rings is 1. The lowest BCUT2D eigenvalue weighted by molar-refractivity contribution is 0.262. The van der Waals surface area contributed by atoms with Crippen molar-refractivity contribution in [1.82, 2.24) is 5.32 Å². The molecule has 4 heteroatoms. The van der Waals surface area contributed by atoms with Gasteiger partial charge in [-0.05, 0) is 29.9 Å². The first-order valence-electron chi connectivity index (χ1n) is 4.87. The fourth-order valence-corrected chi connectivity index (χ4v) is 2.08. The first kappa shape index (κ1) is 12.6. The largest absolute Gasteiger partial charge is 0.346 e. The summed E-state index contributed by atoms with van der Waals surface area (Å²) in [5.74, 6) is 1.10. The predicted octanol–water partition coefficient (Wildman–Crippen LogP) is 3.45. The summed E-state index contributed by atoms with van der Waals surface area (Å²) >= 11 is 4.66. The molecule has 0 aliphatic heterocycles. The minimum atomic E-state index is -0.152. The molecule has 1 aromatic carbocycles. The van der Waals surface area contributed by atoms with Crippen molar-refractivity contribution in [1.29, 1.82) is 0 Å². The van der Waals surface area contributed by atoms with Crippen LogP contribution in [-0.2, 0) is 6.42 Å². The van der Waals surface area contributed by atoms with Crippen molar-refractivity contribution >= 4 is 32.5 Å². The molecule has 1 aromatic rings. The molecule has 1 rings (SSSR count). The highest BCUT2D eigenvalue weighted by Gasteiger charge is 1.96. The van der Waals surface area contributed by atoms with Gasteiger partial charge >= 0.3 is 0 Å². The SMILES string of the molecule is CCSc1ccc(CCNC(=O)Br)cc1. The summed E-state index contributed by atoms with van der Waals surface area (Å²) in [6, 6.07) is 8.47. The summed E-state index contributed by atoms with van der Waals surface area (Å²) in [5, 5.41) is 2.71. The third-order valence-corrected chi connectivity index (χ3v) is 3.09. The van der Waals surface area contributed by atoms with Gasteiger partial charge in [-0.1, -0.05) is 19.1 Å². The van der Waals surface area contributed by atoms with Gasteiger partial charge in [-0.25, -0.2) is 0 Å². The third kappa shape index (κ3) is 5.23. The maximum absolute atomic E-state index is 10.6. The zero-order valence-corrected chi connectivity index (χ0v) is 11.0. The number of amides is 1. The van der Waals surface area contributed by atoms with Gasteiger partial charge in [-0.3, -0.25) is 4.79 Å². The zero-order valence-electron chi connectivity index (χ0n) is 8.63. The lowest BCUT2D eigenvalue weighted by atomic mass is 10.1. The number of hydrogen-bond donors (Lipinski definition) is 1. The summed E-state index contributed by atoms with van der Waals surface area (Å²) in [5.41, 5.74) is 1.25. The van der Waals surface area contributed by atoms with Gasteiger partial charge in [0.25, 0.3) is 4.82 Å². The van der Waals surface area contributed by atoms with Crippen molar-refractivity contribution < 1.29 is 4.79 Å². The molecule has 0 unspecified atom stereocenters. The number of nitrogens with one attached hydrogen (secondary N) is 1. The normalized spacial score (nSPS) is 10.0. The Labute approximate surface area is 103 Å². The predicted molar refractivity (Wildman–Crippen MR) is 68.9 cm³/mol. The van der Waals surface area contributed by atoms with Crippen LogP contribution in [0.5, 0.6) is 0 Å². The van der Waals surface area contributed by atoms with Gasteiger partial charge in [-0.2, -0.15) is 0 Å². The van der Waals surface area contributed by atoms with E-state index in [1.807, 2.05) is 11.8 Å². The maximum Gasteiger partial charge on any atom is 0.287 e. The zero-order chi connectivity index (χ0) is 11.1. The molecule has 0 atom stereocenters. The van der Waals surface area contributed by atoms with Crippen LogP contribution in [0.4, 0.5) is 4.79 Å². The molecule has 15 heavy (non-hydrogen) atoms. The van der Waals surface area contributed by atoms with Gasteiger partial charge in [0.2, 0.25) is 0 Å². The molecule has 0 aromatic heterocycles. The average Bonchev–Trinajstić information content (AvgIpc) is 2.20. The molecule has 0 saturated carbocycles.